The van der Waals surface area contributed by atoms with E-state index in [2.05, 4.69) is 4.90 Å². The number of hydrogen-bond donors (Lipinski definition) is 1. The maximum absolute atomic E-state index is 14.9. The van der Waals surface area contributed by atoms with Crippen molar-refractivity contribution in [1.29, 1.82) is 0 Å². The summed E-state index contributed by atoms with van der Waals surface area (Å²) in [6.45, 7) is 10.4. The van der Waals surface area contributed by atoms with E-state index in [4.69, 9.17) is 4.74 Å². The number of likely N-dealkylation sites (N-methyl/N-ethyl adjacent to an activating group) is 1. The molecule has 1 unspecified atom stereocenters. The molecule has 1 atom stereocenters. The number of aliphatic hydroxyl groups excluding tert-OH is 1. The summed E-state index contributed by atoms with van der Waals surface area (Å²) in [5.41, 5.74) is 1.31. The first-order chi connectivity index (χ1) is 16.2. The number of benzene rings is 2. The fraction of sp³-hybridized carbons (Fsp3) is 0.407. The van der Waals surface area contributed by atoms with Gasteiger partial charge in [-0.2, -0.15) is 0 Å². The van der Waals surface area contributed by atoms with Crippen molar-refractivity contribution in [3.8, 4) is 5.75 Å². The van der Waals surface area contributed by atoms with Gasteiger partial charge in [-0.1, -0.05) is 45.9 Å². The van der Waals surface area contributed by atoms with Crippen molar-refractivity contribution in [3.05, 3.63) is 70.5 Å². The molecule has 1 fully saturated rings. The molecule has 182 valence electrons. The van der Waals surface area contributed by atoms with E-state index in [1.165, 1.54) is 11.0 Å². The lowest BCUT2D eigenvalue weighted by atomic mass is 9.93. The highest BCUT2D eigenvalue weighted by Crippen LogP contribution is 2.41. The van der Waals surface area contributed by atoms with Crippen LogP contribution in [0.5, 0.6) is 5.75 Å². The highest BCUT2D eigenvalue weighted by Gasteiger charge is 2.46. The molecule has 1 amide bonds. The second-order valence-electron chi connectivity index (χ2n) is 8.65. The Morgan fingerprint density at radius 2 is 1.82 bits per heavy atom. The monoisotopic (exact) mass is 468 g/mol. The molecule has 1 aliphatic rings. The van der Waals surface area contributed by atoms with Crippen molar-refractivity contribution in [2.24, 2.45) is 0 Å². The Labute approximate surface area is 200 Å². The van der Waals surface area contributed by atoms with Gasteiger partial charge in [-0.3, -0.25) is 9.59 Å². The van der Waals surface area contributed by atoms with Crippen LogP contribution >= 0.6 is 0 Å². The zero-order valence-corrected chi connectivity index (χ0v) is 20.5. The number of Topliss-reactive ketones (excluding diaryl/α,β-unsaturated/α-hetero) is 1. The van der Waals surface area contributed by atoms with Gasteiger partial charge in [0.05, 0.1) is 18.7 Å². The summed E-state index contributed by atoms with van der Waals surface area (Å²) in [6, 6.07) is 10.2. The lowest BCUT2D eigenvalue weighted by molar-refractivity contribution is -0.140. The summed E-state index contributed by atoms with van der Waals surface area (Å²) in [6.07, 6.45) is 0. The lowest BCUT2D eigenvalue weighted by Crippen LogP contribution is -2.38. The fourth-order valence-corrected chi connectivity index (χ4v) is 4.41. The number of amides is 1. The Morgan fingerprint density at radius 3 is 2.41 bits per heavy atom. The van der Waals surface area contributed by atoms with E-state index in [1.807, 2.05) is 27.7 Å². The van der Waals surface area contributed by atoms with Gasteiger partial charge in [0.15, 0.2) is 0 Å². The van der Waals surface area contributed by atoms with Crippen LogP contribution in [0, 0.1) is 5.82 Å². The topological polar surface area (TPSA) is 70.1 Å². The number of carbonyl (C=O) groups excluding carboxylic acids is 2. The molecule has 3 rings (SSSR count). The minimum absolute atomic E-state index is 0.0987. The molecule has 1 heterocycles. The molecule has 6 nitrogen and oxygen atoms in total. The van der Waals surface area contributed by atoms with E-state index in [0.717, 1.165) is 18.7 Å². The number of ketones is 1. The Bertz CT molecular complexity index is 1090. The van der Waals surface area contributed by atoms with E-state index in [-0.39, 0.29) is 29.4 Å². The predicted octanol–water partition coefficient (Wildman–Crippen LogP) is 4.72. The maximum atomic E-state index is 14.9. The van der Waals surface area contributed by atoms with Crippen LogP contribution in [0.4, 0.5) is 4.39 Å². The molecule has 0 saturated carbocycles. The largest absolute Gasteiger partial charge is 0.507 e. The van der Waals surface area contributed by atoms with E-state index in [9.17, 15) is 19.1 Å². The minimum atomic E-state index is -1.01. The number of likely N-dealkylation sites (tertiary alicyclic amines) is 1. The Kier molecular flexibility index (Phi) is 8.10. The zero-order valence-electron chi connectivity index (χ0n) is 20.5. The lowest BCUT2D eigenvalue weighted by Gasteiger charge is -2.28. The average Bonchev–Trinajstić information content (AvgIpc) is 3.08. The maximum Gasteiger partial charge on any atom is 0.295 e. The van der Waals surface area contributed by atoms with Gasteiger partial charge in [0.25, 0.3) is 11.7 Å². The summed E-state index contributed by atoms with van der Waals surface area (Å²) < 4.78 is 20.4. The van der Waals surface area contributed by atoms with Crippen LogP contribution in [0.2, 0.25) is 0 Å². The second-order valence-corrected chi connectivity index (χ2v) is 8.65. The van der Waals surface area contributed by atoms with Gasteiger partial charge in [-0.05, 0) is 48.8 Å². The molecular formula is C27H33FN2O4. The number of halogens is 1. The number of nitrogens with zero attached hydrogens (tertiary/aromatic N) is 2. The normalized spacial score (nSPS) is 17.8. The summed E-state index contributed by atoms with van der Waals surface area (Å²) in [5, 5.41) is 11.3. The van der Waals surface area contributed by atoms with Gasteiger partial charge in [0, 0.05) is 24.2 Å². The van der Waals surface area contributed by atoms with Gasteiger partial charge in [0.1, 0.15) is 17.3 Å². The number of aliphatic hydroxyl groups is 1. The van der Waals surface area contributed by atoms with Gasteiger partial charge in [-0.15, -0.1) is 0 Å². The van der Waals surface area contributed by atoms with Crippen molar-refractivity contribution < 1.29 is 23.8 Å². The number of hydrogen-bond acceptors (Lipinski definition) is 5. The standard InChI is InChI=1S/C27H33FN2O4/c1-6-29(7-2)14-15-30-24(19-10-8-9-11-21(19)28)23(26(32)27(30)33)25(31)18-12-13-22(34-5)20(16-18)17(3)4/h8-13,16-17,24,31H,6-7,14-15H2,1-5H3/b25-23+. The first-order valence-corrected chi connectivity index (χ1v) is 11.7. The first kappa shape index (κ1) is 25.4. The van der Waals surface area contributed by atoms with Crippen LogP contribution in [0.3, 0.4) is 0 Å². The summed E-state index contributed by atoms with van der Waals surface area (Å²) in [7, 11) is 1.57. The van der Waals surface area contributed by atoms with Crippen molar-refractivity contribution >= 4 is 17.4 Å². The van der Waals surface area contributed by atoms with Crippen LogP contribution in [0.1, 0.15) is 56.3 Å². The third kappa shape index (κ3) is 4.85. The number of rotatable bonds is 9. The first-order valence-electron chi connectivity index (χ1n) is 11.7. The molecule has 1 aliphatic heterocycles. The quantitative estimate of drug-likeness (QED) is 0.328. The summed E-state index contributed by atoms with van der Waals surface area (Å²) in [4.78, 5) is 29.8. The summed E-state index contributed by atoms with van der Waals surface area (Å²) in [5.74, 6) is -1.64. The molecule has 34 heavy (non-hydrogen) atoms. The molecule has 0 aliphatic carbocycles. The van der Waals surface area contributed by atoms with Crippen LogP contribution in [-0.2, 0) is 9.59 Å². The third-order valence-corrected chi connectivity index (χ3v) is 6.42. The second kappa shape index (κ2) is 10.8. The average molecular weight is 469 g/mol. The summed E-state index contributed by atoms with van der Waals surface area (Å²) >= 11 is 0. The number of methoxy groups -OCH3 is 1. The van der Waals surface area contributed by atoms with Crippen molar-refractivity contribution in [2.75, 3.05) is 33.3 Å². The van der Waals surface area contributed by atoms with Gasteiger partial charge >= 0.3 is 0 Å². The van der Waals surface area contributed by atoms with E-state index in [0.29, 0.717) is 17.9 Å². The van der Waals surface area contributed by atoms with Crippen molar-refractivity contribution in [3.63, 3.8) is 0 Å². The molecule has 2 aromatic carbocycles. The number of ether oxygens (including phenoxy) is 1. The zero-order chi connectivity index (χ0) is 25.0. The van der Waals surface area contributed by atoms with Crippen LogP contribution in [0.25, 0.3) is 5.76 Å². The molecule has 7 heteroatoms. The molecule has 0 spiro atoms. The predicted molar refractivity (Wildman–Crippen MR) is 130 cm³/mol. The van der Waals surface area contributed by atoms with E-state index < -0.39 is 23.5 Å². The highest BCUT2D eigenvalue weighted by atomic mass is 19.1. The van der Waals surface area contributed by atoms with Crippen LogP contribution in [-0.4, -0.2) is 59.9 Å². The molecule has 2 aromatic rings. The van der Waals surface area contributed by atoms with Crippen molar-refractivity contribution in [2.45, 2.75) is 39.7 Å². The van der Waals surface area contributed by atoms with Crippen molar-refractivity contribution in [1.82, 2.24) is 9.80 Å². The molecular weight excluding hydrogens is 435 g/mol. The fourth-order valence-electron chi connectivity index (χ4n) is 4.41. The minimum Gasteiger partial charge on any atom is -0.507 e. The van der Waals surface area contributed by atoms with Crippen LogP contribution in [0.15, 0.2) is 48.0 Å². The van der Waals surface area contributed by atoms with E-state index in [1.54, 1.807) is 43.5 Å². The molecule has 0 aromatic heterocycles. The van der Waals surface area contributed by atoms with Crippen LogP contribution < -0.4 is 4.74 Å². The molecule has 1 saturated heterocycles. The number of carbonyl (C=O) groups is 2. The van der Waals surface area contributed by atoms with Gasteiger partial charge in [0.2, 0.25) is 0 Å². The third-order valence-electron chi connectivity index (χ3n) is 6.42. The Hall–Kier alpha value is -3.19. The molecule has 1 N–H and O–H groups in total. The molecule has 0 radical (unpaired) electrons. The van der Waals surface area contributed by atoms with Gasteiger partial charge < -0.3 is 19.6 Å². The SMILES string of the molecule is CCN(CC)CCN1C(=O)C(=O)/C(=C(/O)c2ccc(OC)c(C(C)C)c2)C1c1ccccc1F. The Morgan fingerprint density at radius 1 is 1.15 bits per heavy atom. The highest BCUT2D eigenvalue weighted by molar-refractivity contribution is 6.46. The van der Waals surface area contributed by atoms with E-state index >= 15 is 0 Å². The van der Waals surface area contributed by atoms with Gasteiger partial charge in [-0.25, -0.2) is 4.39 Å². The Balaban J connectivity index is 2.16. The smallest absolute Gasteiger partial charge is 0.295 e. The molecule has 0 bridgehead atoms.